The lowest BCUT2D eigenvalue weighted by Gasteiger charge is -2.15. The van der Waals surface area contributed by atoms with Crippen LogP contribution in [-0.4, -0.2) is 38.6 Å². The van der Waals surface area contributed by atoms with Gasteiger partial charge in [-0.05, 0) is 48.9 Å². The molecule has 0 saturated carbocycles. The third kappa shape index (κ3) is 6.80. The Morgan fingerprint density at radius 2 is 1.74 bits per heavy atom. The van der Waals surface area contributed by atoms with Crippen molar-refractivity contribution in [3.05, 3.63) is 65.5 Å². The van der Waals surface area contributed by atoms with E-state index in [9.17, 15) is 14.0 Å². The van der Waals surface area contributed by atoms with Crippen LogP contribution in [0.15, 0.2) is 48.5 Å². The van der Waals surface area contributed by atoms with Crippen LogP contribution in [0.3, 0.4) is 0 Å². The molecule has 0 spiro atoms. The van der Waals surface area contributed by atoms with E-state index in [1.54, 1.807) is 19.2 Å². The topological polar surface area (TPSA) is 79.5 Å². The Morgan fingerprint density at radius 3 is 2.37 bits per heavy atom. The quantitative estimate of drug-likeness (QED) is 0.590. The molecule has 0 saturated heterocycles. The molecule has 0 fully saturated rings. The molecular formula is C20H24FN3O3. The number of anilines is 1. The van der Waals surface area contributed by atoms with Gasteiger partial charge in [-0.15, -0.1) is 0 Å². The molecule has 0 aliphatic rings. The molecule has 2 aromatic rings. The number of carbonyl (C=O) groups excluding carboxylic acids is 2. The van der Waals surface area contributed by atoms with Crippen molar-refractivity contribution in [1.29, 1.82) is 0 Å². The van der Waals surface area contributed by atoms with E-state index in [0.29, 0.717) is 24.4 Å². The number of rotatable bonds is 9. The Kier molecular flexibility index (Phi) is 7.91. The predicted octanol–water partition coefficient (Wildman–Crippen LogP) is 2.49. The summed E-state index contributed by atoms with van der Waals surface area (Å²) in [6, 6.07) is 12.4. The molecule has 6 nitrogen and oxygen atoms in total. The van der Waals surface area contributed by atoms with Crippen molar-refractivity contribution in [2.75, 3.05) is 32.1 Å². The molecule has 0 aliphatic heterocycles. The highest BCUT2D eigenvalue weighted by Gasteiger charge is 2.10. The maximum absolute atomic E-state index is 12.9. The average molecular weight is 373 g/mol. The Balaban J connectivity index is 1.85. The second-order valence-electron chi connectivity index (χ2n) is 6.04. The predicted molar refractivity (Wildman–Crippen MR) is 102 cm³/mol. The van der Waals surface area contributed by atoms with Crippen molar-refractivity contribution in [3.63, 3.8) is 0 Å². The van der Waals surface area contributed by atoms with Crippen LogP contribution in [0.25, 0.3) is 0 Å². The lowest BCUT2D eigenvalue weighted by molar-refractivity contribution is -0.120. The van der Waals surface area contributed by atoms with E-state index < -0.39 is 0 Å². The molecule has 2 aromatic carbocycles. The fourth-order valence-electron chi connectivity index (χ4n) is 2.41. The van der Waals surface area contributed by atoms with Gasteiger partial charge >= 0.3 is 0 Å². The van der Waals surface area contributed by atoms with Gasteiger partial charge in [-0.25, -0.2) is 4.39 Å². The SMILES string of the molecule is COCCNCC(=O)NC(C)c1ccc(NC(=O)c2ccc(F)cc2)cc1. The first-order valence-corrected chi connectivity index (χ1v) is 8.65. The molecule has 3 N–H and O–H groups in total. The smallest absolute Gasteiger partial charge is 0.255 e. The van der Waals surface area contributed by atoms with Gasteiger partial charge in [0.25, 0.3) is 5.91 Å². The van der Waals surface area contributed by atoms with E-state index in [4.69, 9.17) is 4.74 Å². The van der Waals surface area contributed by atoms with Gasteiger partial charge in [0, 0.05) is 24.9 Å². The highest BCUT2D eigenvalue weighted by atomic mass is 19.1. The minimum absolute atomic E-state index is 0.104. The number of nitrogens with one attached hydrogen (secondary N) is 3. The summed E-state index contributed by atoms with van der Waals surface area (Å²) in [5, 5.41) is 8.64. The Bertz CT molecular complexity index is 748. The Morgan fingerprint density at radius 1 is 1.07 bits per heavy atom. The second-order valence-corrected chi connectivity index (χ2v) is 6.04. The van der Waals surface area contributed by atoms with Crippen LogP contribution in [0.1, 0.15) is 28.9 Å². The van der Waals surface area contributed by atoms with Gasteiger partial charge in [-0.3, -0.25) is 9.59 Å². The lowest BCUT2D eigenvalue weighted by Crippen LogP contribution is -2.36. The van der Waals surface area contributed by atoms with Gasteiger partial charge in [0.1, 0.15) is 5.82 Å². The summed E-state index contributed by atoms with van der Waals surface area (Å²) >= 11 is 0. The molecule has 1 atom stereocenters. The Hall–Kier alpha value is -2.77. The molecule has 0 aliphatic carbocycles. The summed E-state index contributed by atoms with van der Waals surface area (Å²) in [5.74, 6) is -0.806. The van der Waals surface area contributed by atoms with Gasteiger partial charge in [-0.1, -0.05) is 12.1 Å². The van der Waals surface area contributed by atoms with Gasteiger partial charge in [0.2, 0.25) is 5.91 Å². The van der Waals surface area contributed by atoms with Gasteiger partial charge in [-0.2, -0.15) is 0 Å². The maximum Gasteiger partial charge on any atom is 0.255 e. The minimum atomic E-state index is -0.388. The van der Waals surface area contributed by atoms with Crippen molar-refractivity contribution in [2.45, 2.75) is 13.0 Å². The summed E-state index contributed by atoms with van der Waals surface area (Å²) in [5.41, 5.74) is 1.91. The number of halogens is 1. The number of amides is 2. The van der Waals surface area contributed by atoms with Crippen LogP contribution in [0.4, 0.5) is 10.1 Å². The first-order chi connectivity index (χ1) is 13.0. The molecule has 2 amide bonds. The van der Waals surface area contributed by atoms with Crippen molar-refractivity contribution < 1.29 is 18.7 Å². The summed E-state index contributed by atoms with van der Waals surface area (Å²) < 4.78 is 17.8. The number of carbonyl (C=O) groups is 2. The number of ether oxygens (including phenoxy) is 1. The van der Waals surface area contributed by atoms with Gasteiger partial charge in [0.05, 0.1) is 19.2 Å². The van der Waals surface area contributed by atoms with E-state index in [1.165, 1.54) is 24.3 Å². The molecule has 2 rings (SSSR count). The number of hydrogen-bond donors (Lipinski definition) is 3. The minimum Gasteiger partial charge on any atom is -0.383 e. The average Bonchev–Trinajstić information content (AvgIpc) is 2.66. The highest BCUT2D eigenvalue weighted by molar-refractivity contribution is 6.04. The van der Waals surface area contributed by atoms with Crippen LogP contribution in [-0.2, 0) is 9.53 Å². The van der Waals surface area contributed by atoms with E-state index in [0.717, 1.165) is 5.56 Å². The van der Waals surface area contributed by atoms with Crippen molar-refractivity contribution in [3.8, 4) is 0 Å². The van der Waals surface area contributed by atoms with Crippen molar-refractivity contribution >= 4 is 17.5 Å². The molecule has 0 heterocycles. The summed E-state index contributed by atoms with van der Waals surface area (Å²) in [6.45, 7) is 3.27. The fraction of sp³-hybridized carbons (Fsp3) is 0.300. The third-order valence-electron chi connectivity index (χ3n) is 3.92. The lowest BCUT2D eigenvalue weighted by atomic mass is 10.1. The summed E-state index contributed by atoms with van der Waals surface area (Å²) in [7, 11) is 1.61. The number of methoxy groups -OCH3 is 1. The highest BCUT2D eigenvalue weighted by Crippen LogP contribution is 2.17. The van der Waals surface area contributed by atoms with Crippen LogP contribution < -0.4 is 16.0 Å². The molecule has 1 unspecified atom stereocenters. The van der Waals surface area contributed by atoms with Crippen molar-refractivity contribution in [2.24, 2.45) is 0 Å². The normalized spacial score (nSPS) is 11.7. The molecule has 27 heavy (non-hydrogen) atoms. The monoisotopic (exact) mass is 373 g/mol. The van der Waals surface area contributed by atoms with E-state index >= 15 is 0 Å². The molecule has 144 valence electrons. The van der Waals surface area contributed by atoms with Gasteiger partial charge in [0.15, 0.2) is 0 Å². The zero-order valence-electron chi connectivity index (χ0n) is 15.4. The third-order valence-corrected chi connectivity index (χ3v) is 3.92. The molecule has 0 aromatic heterocycles. The Labute approximate surface area is 158 Å². The molecular weight excluding hydrogens is 349 g/mol. The largest absolute Gasteiger partial charge is 0.383 e. The molecule has 0 bridgehead atoms. The number of benzene rings is 2. The second kappa shape index (κ2) is 10.4. The van der Waals surface area contributed by atoms with Crippen LogP contribution in [0, 0.1) is 5.82 Å². The van der Waals surface area contributed by atoms with E-state index in [2.05, 4.69) is 16.0 Å². The molecule has 0 radical (unpaired) electrons. The van der Waals surface area contributed by atoms with Gasteiger partial charge < -0.3 is 20.7 Å². The zero-order chi connectivity index (χ0) is 19.6. The zero-order valence-corrected chi connectivity index (χ0v) is 15.4. The summed E-state index contributed by atoms with van der Waals surface area (Å²) in [4.78, 5) is 24.0. The standard InChI is InChI=1S/C20H24FN3O3/c1-14(23-19(25)13-22-11-12-27-2)15-5-9-18(10-6-15)24-20(26)16-3-7-17(21)8-4-16/h3-10,14,22H,11-13H2,1-2H3,(H,23,25)(H,24,26). The number of hydrogen-bond acceptors (Lipinski definition) is 4. The van der Waals surface area contributed by atoms with E-state index in [1.807, 2.05) is 19.1 Å². The van der Waals surface area contributed by atoms with Crippen LogP contribution >= 0.6 is 0 Å². The molecule has 7 heteroatoms. The first kappa shape index (κ1) is 20.5. The fourth-order valence-corrected chi connectivity index (χ4v) is 2.41. The van der Waals surface area contributed by atoms with Crippen molar-refractivity contribution in [1.82, 2.24) is 10.6 Å². The summed E-state index contributed by atoms with van der Waals surface area (Å²) in [6.07, 6.45) is 0. The van der Waals surface area contributed by atoms with Crippen LogP contribution in [0.5, 0.6) is 0 Å². The maximum atomic E-state index is 12.9. The van der Waals surface area contributed by atoms with Crippen LogP contribution in [0.2, 0.25) is 0 Å². The van der Waals surface area contributed by atoms with E-state index in [-0.39, 0.29) is 30.2 Å². The first-order valence-electron chi connectivity index (χ1n) is 8.65.